The molecule has 0 bridgehead atoms. The van der Waals surface area contributed by atoms with Gasteiger partial charge in [0.2, 0.25) is 5.63 Å². The minimum absolute atomic E-state index is 0.0744. The molecule has 0 saturated heterocycles. The van der Waals surface area contributed by atoms with Gasteiger partial charge in [-0.1, -0.05) is 27.5 Å². The van der Waals surface area contributed by atoms with E-state index in [9.17, 15) is 13.2 Å². The largest absolute Gasteiger partial charge is 0.350 e. The molecule has 2 rings (SSSR count). The number of hydrogen-bond acceptors (Lipinski definition) is 1. The van der Waals surface area contributed by atoms with Crippen molar-refractivity contribution in [3.63, 3.8) is 0 Å². The summed E-state index contributed by atoms with van der Waals surface area (Å²) < 4.78 is 39.4. The Morgan fingerprint density at radius 1 is 1.35 bits per heavy atom. The standard InChI is InChI=1S/C10H6BrClF3NS/c11-6-1-2-7-5(3-6)4-8(16-7)17-10(14,15)9(12)13/h1-4,9,16H. The molecule has 0 fully saturated rings. The van der Waals surface area contributed by atoms with E-state index in [0.717, 1.165) is 9.86 Å². The molecule has 1 unspecified atom stereocenters. The van der Waals surface area contributed by atoms with Crippen LogP contribution in [0.25, 0.3) is 10.9 Å². The SMILES string of the molecule is FC(Cl)C(F)(F)Sc1cc2cc(Br)ccc2[nH]1. The lowest BCUT2D eigenvalue weighted by Crippen LogP contribution is -2.20. The van der Waals surface area contributed by atoms with Gasteiger partial charge in [0, 0.05) is 15.4 Å². The van der Waals surface area contributed by atoms with Crippen LogP contribution in [0.15, 0.2) is 33.8 Å². The first-order valence-electron chi connectivity index (χ1n) is 4.52. The summed E-state index contributed by atoms with van der Waals surface area (Å²) in [6.07, 6.45) is 0. The van der Waals surface area contributed by atoms with Crippen molar-refractivity contribution in [3.8, 4) is 0 Å². The average Bonchev–Trinajstić information content (AvgIpc) is 2.57. The molecule has 0 aliphatic rings. The van der Waals surface area contributed by atoms with Crippen LogP contribution in [-0.2, 0) is 0 Å². The second-order valence-electron chi connectivity index (χ2n) is 3.33. The van der Waals surface area contributed by atoms with E-state index in [0.29, 0.717) is 5.52 Å². The monoisotopic (exact) mass is 343 g/mol. The fraction of sp³-hybridized carbons (Fsp3) is 0.200. The summed E-state index contributed by atoms with van der Waals surface area (Å²) in [4.78, 5) is 2.77. The van der Waals surface area contributed by atoms with Crippen molar-refractivity contribution in [2.45, 2.75) is 15.9 Å². The lowest BCUT2D eigenvalue weighted by Gasteiger charge is -2.13. The number of benzene rings is 1. The molecule has 1 aromatic carbocycles. The maximum Gasteiger partial charge on any atom is 0.343 e. The van der Waals surface area contributed by atoms with Crippen molar-refractivity contribution in [2.75, 3.05) is 0 Å². The zero-order chi connectivity index (χ0) is 12.6. The maximum absolute atomic E-state index is 13.1. The van der Waals surface area contributed by atoms with Gasteiger partial charge in [-0.2, -0.15) is 8.78 Å². The summed E-state index contributed by atoms with van der Waals surface area (Å²) in [7, 11) is 0. The van der Waals surface area contributed by atoms with Gasteiger partial charge in [0.05, 0.1) is 5.03 Å². The number of aromatic amines is 1. The Morgan fingerprint density at radius 3 is 2.71 bits per heavy atom. The third kappa shape index (κ3) is 2.92. The van der Waals surface area contributed by atoms with E-state index in [4.69, 9.17) is 11.6 Å². The molecule has 0 saturated carbocycles. The van der Waals surface area contributed by atoms with E-state index in [1.165, 1.54) is 6.07 Å². The predicted molar refractivity (Wildman–Crippen MR) is 67.6 cm³/mol. The number of alkyl halides is 4. The van der Waals surface area contributed by atoms with E-state index >= 15 is 0 Å². The second-order valence-corrected chi connectivity index (χ2v) is 5.82. The van der Waals surface area contributed by atoms with Crippen LogP contribution in [0.5, 0.6) is 0 Å². The summed E-state index contributed by atoms with van der Waals surface area (Å²) in [6, 6.07) is 6.83. The Balaban J connectivity index is 2.31. The summed E-state index contributed by atoms with van der Waals surface area (Å²) >= 11 is 8.14. The first kappa shape index (κ1) is 13.1. The first-order valence-corrected chi connectivity index (χ1v) is 6.56. The van der Waals surface area contributed by atoms with Crippen molar-refractivity contribution < 1.29 is 13.2 Å². The van der Waals surface area contributed by atoms with Gasteiger partial charge in [0.1, 0.15) is 0 Å². The molecular formula is C10H6BrClF3NS. The molecule has 1 nitrogen and oxygen atoms in total. The number of thioether (sulfide) groups is 1. The molecule has 1 heterocycles. The molecule has 0 amide bonds. The van der Waals surface area contributed by atoms with Crippen molar-refractivity contribution in [1.82, 2.24) is 4.98 Å². The minimum Gasteiger partial charge on any atom is -0.350 e. The van der Waals surface area contributed by atoms with E-state index in [-0.39, 0.29) is 16.8 Å². The third-order valence-corrected chi connectivity index (χ3v) is 3.87. The van der Waals surface area contributed by atoms with Crippen LogP contribution in [0.1, 0.15) is 0 Å². The fourth-order valence-electron chi connectivity index (χ4n) is 1.32. The van der Waals surface area contributed by atoms with Gasteiger partial charge in [-0.15, -0.1) is 0 Å². The molecule has 1 N–H and O–H groups in total. The number of halogens is 5. The van der Waals surface area contributed by atoms with Crippen LogP contribution in [0.2, 0.25) is 0 Å². The third-order valence-electron chi connectivity index (χ3n) is 2.06. The zero-order valence-electron chi connectivity index (χ0n) is 8.18. The van der Waals surface area contributed by atoms with Crippen LogP contribution in [0.4, 0.5) is 13.2 Å². The van der Waals surface area contributed by atoms with Crippen LogP contribution in [0, 0.1) is 0 Å². The molecule has 2 aromatic rings. The quantitative estimate of drug-likeness (QED) is 0.601. The summed E-state index contributed by atoms with van der Waals surface area (Å²) in [6.45, 7) is 0. The molecule has 17 heavy (non-hydrogen) atoms. The number of nitrogens with one attached hydrogen (secondary N) is 1. The molecule has 92 valence electrons. The van der Waals surface area contributed by atoms with Crippen molar-refractivity contribution in [1.29, 1.82) is 0 Å². The Hall–Kier alpha value is -0.330. The van der Waals surface area contributed by atoms with Gasteiger partial charge >= 0.3 is 5.25 Å². The molecule has 0 aliphatic carbocycles. The van der Waals surface area contributed by atoms with Gasteiger partial charge < -0.3 is 4.98 Å². The van der Waals surface area contributed by atoms with Gasteiger partial charge in [0.25, 0.3) is 0 Å². The van der Waals surface area contributed by atoms with Crippen molar-refractivity contribution in [3.05, 3.63) is 28.7 Å². The maximum atomic E-state index is 13.1. The van der Waals surface area contributed by atoms with E-state index in [2.05, 4.69) is 20.9 Å². The highest BCUT2D eigenvalue weighted by atomic mass is 79.9. The smallest absolute Gasteiger partial charge is 0.343 e. The van der Waals surface area contributed by atoms with Gasteiger partial charge in [-0.3, -0.25) is 0 Å². The Bertz CT molecular complexity index is 543. The van der Waals surface area contributed by atoms with E-state index < -0.39 is 10.9 Å². The minimum atomic E-state index is -3.65. The Labute approximate surface area is 113 Å². The highest BCUT2D eigenvalue weighted by Crippen LogP contribution is 2.41. The van der Waals surface area contributed by atoms with Crippen molar-refractivity contribution >= 4 is 50.2 Å². The lowest BCUT2D eigenvalue weighted by atomic mass is 10.3. The average molecular weight is 345 g/mol. The molecule has 0 aliphatic heterocycles. The van der Waals surface area contributed by atoms with Crippen LogP contribution >= 0.6 is 39.3 Å². The lowest BCUT2D eigenvalue weighted by molar-refractivity contribution is 0.0536. The molecular weight excluding hydrogens is 339 g/mol. The fourth-order valence-corrected chi connectivity index (χ4v) is 2.56. The van der Waals surface area contributed by atoms with Crippen LogP contribution in [0.3, 0.4) is 0 Å². The first-order chi connectivity index (χ1) is 7.88. The van der Waals surface area contributed by atoms with E-state index in [1.54, 1.807) is 18.2 Å². The van der Waals surface area contributed by atoms with Gasteiger partial charge in [-0.05, 0) is 36.0 Å². The van der Waals surface area contributed by atoms with Crippen LogP contribution in [-0.4, -0.2) is 15.9 Å². The summed E-state index contributed by atoms with van der Waals surface area (Å²) in [5.41, 5.74) is -2.01. The van der Waals surface area contributed by atoms with E-state index in [1.807, 2.05) is 0 Å². The molecule has 0 radical (unpaired) electrons. The summed E-state index contributed by atoms with van der Waals surface area (Å²) in [5.74, 6) is 0. The number of H-pyrrole nitrogens is 1. The molecule has 0 spiro atoms. The summed E-state index contributed by atoms with van der Waals surface area (Å²) in [5, 5.41) is -2.71. The highest BCUT2D eigenvalue weighted by molar-refractivity contribution is 9.10. The normalized spacial score (nSPS) is 14.2. The Kier molecular flexibility index (Phi) is 3.66. The highest BCUT2D eigenvalue weighted by Gasteiger charge is 2.40. The zero-order valence-corrected chi connectivity index (χ0v) is 11.3. The second kappa shape index (κ2) is 4.74. The predicted octanol–water partition coefficient (Wildman–Crippen LogP) is 5.15. The van der Waals surface area contributed by atoms with Crippen molar-refractivity contribution in [2.24, 2.45) is 0 Å². The van der Waals surface area contributed by atoms with Gasteiger partial charge in [-0.25, -0.2) is 4.39 Å². The Morgan fingerprint density at radius 2 is 2.06 bits per heavy atom. The number of aromatic nitrogens is 1. The number of fused-ring (bicyclic) bond motifs is 1. The molecule has 1 aromatic heterocycles. The topological polar surface area (TPSA) is 15.8 Å². The van der Waals surface area contributed by atoms with Crippen LogP contribution < -0.4 is 0 Å². The van der Waals surface area contributed by atoms with Gasteiger partial charge in [0.15, 0.2) is 0 Å². The molecule has 7 heteroatoms. The molecule has 1 atom stereocenters. The number of hydrogen-bond donors (Lipinski definition) is 1. The number of rotatable bonds is 3.